The molecule has 1 saturated heterocycles. The van der Waals surface area contributed by atoms with E-state index in [0.29, 0.717) is 24.4 Å². The fourth-order valence-corrected chi connectivity index (χ4v) is 5.01. The van der Waals surface area contributed by atoms with Crippen molar-refractivity contribution in [3.05, 3.63) is 35.5 Å². The molecule has 0 saturated carbocycles. The van der Waals surface area contributed by atoms with Gasteiger partial charge >= 0.3 is 6.18 Å². The number of ether oxygens (including phenoxy) is 1. The van der Waals surface area contributed by atoms with Crippen molar-refractivity contribution < 1.29 is 26.3 Å². The minimum Gasteiger partial charge on any atom is -0.493 e. The molecule has 0 radical (unpaired) electrons. The van der Waals surface area contributed by atoms with Crippen molar-refractivity contribution in [2.24, 2.45) is 13.0 Å². The number of pyridine rings is 1. The van der Waals surface area contributed by atoms with Gasteiger partial charge in [0.2, 0.25) is 0 Å². The smallest absolute Gasteiger partial charge is 0.419 e. The summed E-state index contributed by atoms with van der Waals surface area (Å²) in [6.07, 6.45) is -1.13. The Hall–Kier alpha value is -3.24. The lowest BCUT2D eigenvalue weighted by atomic mass is 9.94. The summed E-state index contributed by atoms with van der Waals surface area (Å²) >= 11 is 0. The second-order valence-electron chi connectivity index (χ2n) is 9.31. The number of fused-ring (bicyclic) bond motifs is 1. The second-order valence-corrected chi connectivity index (χ2v) is 11.6. The first-order valence-electron chi connectivity index (χ1n) is 11.8. The van der Waals surface area contributed by atoms with Gasteiger partial charge in [-0.2, -0.15) is 18.4 Å². The molecule has 0 unspecified atom stereocenters. The van der Waals surface area contributed by atoms with E-state index in [2.05, 4.69) is 20.2 Å². The number of likely N-dealkylation sites (tertiary alicyclic amines) is 1. The lowest BCUT2D eigenvalue weighted by Gasteiger charge is -2.31. The Morgan fingerprint density at radius 3 is 2.59 bits per heavy atom. The molecule has 1 aliphatic heterocycles. The Labute approximate surface area is 212 Å². The van der Waals surface area contributed by atoms with Crippen LogP contribution in [0, 0.1) is 17.2 Å². The zero-order chi connectivity index (χ0) is 26.8. The zero-order valence-corrected chi connectivity index (χ0v) is 21.3. The monoisotopic (exact) mass is 536 g/mol. The molecule has 3 aromatic rings. The Bertz CT molecular complexity index is 1420. The maximum atomic E-state index is 13.9. The number of sulfone groups is 1. The van der Waals surface area contributed by atoms with Gasteiger partial charge in [0.1, 0.15) is 27.2 Å². The SMILES string of the molecule is Cn1nnc2c(C#N)nc(-c3ccc(OCCC4CCN(CCS(C)(=O)=O)CC4)c(C(F)(F)F)c3)cc21. The van der Waals surface area contributed by atoms with Crippen LogP contribution in [0.4, 0.5) is 13.2 Å². The second kappa shape index (κ2) is 10.6. The number of alkyl halides is 3. The van der Waals surface area contributed by atoms with Crippen LogP contribution in [-0.2, 0) is 23.1 Å². The molecule has 0 atom stereocenters. The summed E-state index contributed by atoms with van der Waals surface area (Å²) in [5.74, 6) is 0.165. The predicted molar refractivity (Wildman–Crippen MR) is 130 cm³/mol. The topological polar surface area (TPSA) is 114 Å². The first-order valence-corrected chi connectivity index (χ1v) is 13.9. The number of nitrogens with zero attached hydrogens (tertiary/aromatic N) is 6. The van der Waals surface area contributed by atoms with Gasteiger partial charge in [-0.25, -0.2) is 18.1 Å². The summed E-state index contributed by atoms with van der Waals surface area (Å²) < 4.78 is 71.5. The molecule has 1 aliphatic rings. The highest BCUT2D eigenvalue weighted by Crippen LogP contribution is 2.39. The van der Waals surface area contributed by atoms with E-state index in [4.69, 9.17) is 4.74 Å². The molecular formula is C24H27F3N6O3S. The molecule has 2 aromatic heterocycles. The Morgan fingerprint density at radius 2 is 1.95 bits per heavy atom. The van der Waals surface area contributed by atoms with Gasteiger partial charge in [-0.15, -0.1) is 5.10 Å². The maximum absolute atomic E-state index is 13.9. The molecule has 9 nitrogen and oxygen atoms in total. The summed E-state index contributed by atoms with van der Waals surface area (Å²) in [6, 6.07) is 7.23. The predicted octanol–water partition coefficient (Wildman–Crippen LogP) is 3.45. The van der Waals surface area contributed by atoms with Crippen molar-refractivity contribution in [2.45, 2.75) is 25.4 Å². The van der Waals surface area contributed by atoms with Crippen LogP contribution in [0.15, 0.2) is 24.3 Å². The Kier molecular flexibility index (Phi) is 7.70. The first kappa shape index (κ1) is 26.8. The Balaban J connectivity index is 1.44. The molecule has 0 aliphatic carbocycles. The molecule has 37 heavy (non-hydrogen) atoms. The zero-order valence-electron chi connectivity index (χ0n) is 20.5. The summed E-state index contributed by atoms with van der Waals surface area (Å²) in [4.78, 5) is 6.29. The highest BCUT2D eigenvalue weighted by molar-refractivity contribution is 7.90. The lowest BCUT2D eigenvalue weighted by Crippen LogP contribution is -2.37. The van der Waals surface area contributed by atoms with Crippen LogP contribution in [0.2, 0.25) is 0 Å². The van der Waals surface area contributed by atoms with Gasteiger partial charge in [-0.1, -0.05) is 5.21 Å². The van der Waals surface area contributed by atoms with E-state index in [0.717, 1.165) is 32.0 Å². The number of aryl methyl sites for hydroxylation is 1. The van der Waals surface area contributed by atoms with E-state index in [-0.39, 0.29) is 40.6 Å². The van der Waals surface area contributed by atoms with Gasteiger partial charge in [-0.05, 0) is 62.5 Å². The van der Waals surface area contributed by atoms with Crippen molar-refractivity contribution in [1.82, 2.24) is 24.9 Å². The van der Waals surface area contributed by atoms with E-state index >= 15 is 0 Å². The fourth-order valence-electron chi connectivity index (χ4n) is 4.42. The number of benzene rings is 1. The lowest BCUT2D eigenvalue weighted by molar-refractivity contribution is -0.138. The highest BCUT2D eigenvalue weighted by atomic mass is 32.2. The first-order chi connectivity index (χ1) is 17.4. The summed E-state index contributed by atoms with van der Waals surface area (Å²) in [6.45, 7) is 2.16. The number of hydrogen-bond acceptors (Lipinski definition) is 8. The molecule has 4 rings (SSSR count). The van der Waals surface area contributed by atoms with Crippen molar-refractivity contribution in [3.63, 3.8) is 0 Å². The molecule has 0 N–H and O–H groups in total. The van der Waals surface area contributed by atoms with Crippen LogP contribution < -0.4 is 4.74 Å². The number of piperidine rings is 1. The number of aromatic nitrogens is 4. The number of halogens is 3. The van der Waals surface area contributed by atoms with Gasteiger partial charge in [-0.3, -0.25) is 0 Å². The van der Waals surface area contributed by atoms with Crippen molar-refractivity contribution >= 4 is 20.9 Å². The minimum atomic E-state index is -4.65. The van der Waals surface area contributed by atoms with Crippen LogP contribution in [0.5, 0.6) is 5.75 Å². The van der Waals surface area contributed by atoms with Crippen molar-refractivity contribution in [2.75, 3.05) is 38.2 Å². The van der Waals surface area contributed by atoms with Gasteiger partial charge in [0.15, 0.2) is 5.69 Å². The molecule has 0 bridgehead atoms. The quantitative estimate of drug-likeness (QED) is 0.430. The molecule has 1 fully saturated rings. The Morgan fingerprint density at radius 1 is 1.22 bits per heavy atom. The average molecular weight is 537 g/mol. The van der Waals surface area contributed by atoms with Crippen molar-refractivity contribution in [3.8, 4) is 23.1 Å². The standard InChI is InChI=1S/C24H27F3N6O3S/c1-32-21-14-19(29-20(15-28)23(21)30-31-32)17-3-4-22(18(13-17)24(25,26)27)36-11-7-16-5-8-33(9-6-16)10-12-37(2,34)35/h3-4,13-14,16H,5-12H2,1-2H3. The average Bonchev–Trinajstić information content (AvgIpc) is 3.22. The summed E-state index contributed by atoms with van der Waals surface area (Å²) in [5, 5.41) is 17.2. The maximum Gasteiger partial charge on any atom is 0.419 e. The highest BCUT2D eigenvalue weighted by Gasteiger charge is 2.35. The number of nitriles is 1. The van der Waals surface area contributed by atoms with Crippen LogP contribution >= 0.6 is 0 Å². The summed E-state index contributed by atoms with van der Waals surface area (Å²) in [7, 11) is -1.39. The van der Waals surface area contributed by atoms with Crippen LogP contribution in [0.25, 0.3) is 22.3 Å². The third-order valence-electron chi connectivity index (χ3n) is 6.56. The van der Waals surface area contributed by atoms with Crippen LogP contribution in [-0.4, -0.2) is 71.5 Å². The van der Waals surface area contributed by atoms with E-state index in [9.17, 15) is 26.9 Å². The largest absolute Gasteiger partial charge is 0.493 e. The van der Waals surface area contributed by atoms with Gasteiger partial charge < -0.3 is 9.64 Å². The normalized spacial score (nSPS) is 15.7. The molecule has 1 aromatic carbocycles. The van der Waals surface area contributed by atoms with E-state index in [1.165, 1.54) is 23.1 Å². The third kappa shape index (κ3) is 6.56. The number of rotatable bonds is 8. The van der Waals surface area contributed by atoms with Crippen LogP contribution in [0.1, 0.15) is 30.5 Å². The molecule has 0 spiro atoms. The van der Waals surface area contributed by atoms with Gasteiger partial charge in [0, 0.05) is 25.4 Å². The van der Waals surface area contributed by atoms with Crippen molar-refractivity contribution in [1.29, 1.82) is 5.26 Å². The van der Waals surface area contributed by atoms with Crippen LogP contribution in [0.3, 0.4) is 0 Å². The van der Waals surface area contributed by atoms with Gasteiger partial charge in [0.05, 0.1) is 29.1 Å². The molecule has 13 heteroatoms. The molecule has 198 valence electrons. The number of hydrogen-bond donors (Lipinski definition) is 0. The minimum absolute atomic E-state index is 0.0168. The molecule has 3 heterocycles. The third-order valence-corrected chi connectivity index (χ3v) is 7.48. The fraction of sp³-hybridized carbons (Fsp3) is 0.500. The molecule has 0 amide bonds. The van der Waals surface area contributed by atoms with E-state index in [1.54, 1.807) is 13.1 Å². The summed E-state index contributed by atoms with van der Waals surface area (Å²) in [5.41, 5.74) is 0.236. The van der Waals surface area contributed by atoms with E-state index < -0.39 is 21.6 Å². The molecular weight excluding hydrogens is 509 g/mol. The van der Waals surface area contributed by atoms with Gasteiger partial charge in [0.25, 0.3) is 0 Å². The van der Waals surface area contributed by atoms with E-state index in [1.807, 2.05) is 6.07 Å².